The summed E-state index contributed by atoms with van der Waals surface area (Å²) in [6.45, 7) is 5.29. The number of benzene rings is 1. The molecule has 1 aromatic carbocycles. The van der Waals surface area contributed by atoms with E-state index in [-0.39, 0.29) is 12.5 Å². The Labute approximate surface area is 128 Å². The van der Waals surface area contributed by atoms with Crippen LogP contribution in [0.1, 0.15) is 34.4 Å². The summed E-state index contributed by atoms with van der Waals surface area (Å²) in [5.74, 6) is 0.871. The maximum Gasteiger partial charge on any atom is 0.251 e. The second kappa shape index (κ2) is 5.92. The fourth-order valence-electron chi connectivity index (χ4n) is 1.95. The second-order valence-electron chi connectivity index (χ2n) is 5.33. The lowest BCUT2D eigenvalue weighted by atomic mass is 10.0. The predicted octanol–water partition coefficient (Wildman–Crippen LogP) is 3.19. The highest BCUT2D eigenvalue weighted by Crippen LogP contribution is 2.22. The van der Waals surface area contributed by atoms with Crippen LogP contribution < -0.4 is 5.32 Å². The lowest BCUT2D eigenvalue weighted by Gasteiger charge is -2.21. The van der Waals surface area contributed by atoms with E-state index in [9.17, 15) is 9.90 Å². The lowest BCUT2D eigenvalue weighted by molar-refractivity contribution is 0.0323. The molecule has 0 aliphatic heterocycles. The van der Waals surface area contributed by atoms with Crippen molar-refractivity contribution >= 4 is 17.5 Å². The van der Waals surface area contributed by atoms with E-state index in [2.05, 4.69) is 5.32 Å². The van der Waals surface area contributed by atoms with Crippen LogP contribution in [0.4, 0.5) is 0 Å². The van der Waals surface area contributed by atoms with E-state index < -0.39 is 5.60 Å². The molecule has 1 heterocycles. The zero-order chi connectivity index (χ0) is 15.6. The molecule has 21 heavy (non-hydrogen) atoms. The van der Waals surface area contributed by atoms with Crippen LogP contribution in [0.5, 0.6) is 0 Å². The molecule has 0 aliphatic rings. The molecule has 0 radical (unpaired) electrons. The third-order valence-electron chi connectivity index (χ3n) is 3.28. The Balaban J connectivity index is 2.04. The zero-order valence-electron chi connectivity index (χ0n) is 12.2. The predicted molar refractivity (Wildman–Crippen MR) is 81.5 cm³/mol. The number of amides is 1. The Morgan fingerprint density at radius 3 is 2.62 bits per heavy atom. The van der Waals surface area contributed by atoms with Gasteiger partial charge in [-0.2, -0.15) is 0 Å². The zero-order valence-corrected chi connectivity index (χ0v) is 13.0. The molecule has 2 aromatic rings. The van der Waals surface area contributed by atoms with Crippen LogP contribution in [-0.4, -0.2) is 17.6 Å². The lowest BCUT2D eigenvalue weighted by Crippen LogP contribution is -2.38. The van der Waals surface area contributed by atoms with Crippen molar-refractivity contribution in [2.45, 2.75) is 26.4 Å². The fraction of sp³-hybridized carbons (Fsp3) is 0.312. The van der Waals surface area contributed by atoms with Crippen molar-refractivity contribution in [3.8, 4) is 0 Å². The van der Waals surface area contributed by atoms with Crippen LogP contribution in [0, 0.1) is 13.8 Å². The maximum absolute atomic E-state index is 12.1. The summed E-state index contributed by atoms with van der Waals surface area (Å²) in [6.07, 6.45) is 0. The number of aryl methyl sites for hydroxylation is 2. The third kappa shape index (κ3) is 3.65. The third-order valence-corrected chi connectivity index (χ3v) is 3.71. The van der Waals surface area contributed by atoms with Gasteiger partial charge in [0.1, 0.15) is 17.1 Å². The normalized spacial score (nSPS) is 13.8. The molecule has 2 rings (SSSR count). The Hall–Kier alpha value is -1.78. The van der Waals surface area contributed by atoms with Gasteiger partial charge in [-0.05, 0) is 56.7 Å². The molecule has 1 amide bonds. The van der Waals surface area contributed by atoms with Crippen molar-refractivity contribution in [3.05, 3.63) is 58.0 Å². The average molecular weight is 308 g/mol. The van der Waals surface area contributed by atoms with E-state index in [1.807, 2.05) is 6.92 Å². The maximum atomic E-state index is 12.1. The minimum absolute atomic E-state index is 0.0560. The molecular weight excluding hydrogens is 290 g/mol. The molecule has 1 aromatic heterocycles. The molecule has 0 spiro atoms. The number of carbonyl (C=O) groups is 1. The Bertz CT molecular complexity index is 661. The van der Waals surface area contributed by atoms with Crippen molar-refractivity contribution in [3.63, 3.8) is 0 Å². The van der Waals surface area contributed by atoms with E-state index >= 15 is 0 Å². The van der Waals surface area contributed by atoms with Gasteiger partial charge in [-0.15, -0.1) is 0 Å². The summed E-state index contributed by atoms with van der Waals surface area (Å²) in [5, 5.41) is 13.7. The Morgan fingerprint density at radius 2 is 2.05 bits per heavy atom. The molecular formula is C16H18ClNO3. The molecule has 0 saturated heterocycles. The highest BCUT2D eigenvalue weighted by Gasteiger charge is 2.27. The first-order valence-electron chi connectivity index (χ1n) is 6.63. The van der Waals surface area contributed by atoms with Gasteiger partial charge in [-0.1, -0.05) is 11.6 Å². The molecule has 1 unspecified atom stereocenters. The van der Waals surface area contributed by atoms with Gasteiger partial charge in [0.25, 0.3) is 5.91 Å². The number of hydrogen-bond acceptors (Lipinski definition) is 3. The first-order valence-corrected chi connectivity index (χ1v) is 7.01. The number of rotatable bonds is 4. The van der Waals surface area contributed by atoms with E-state index in [1.54, 1.807) is 44.2 Å². The molecule has 0 aliphatic carbocycles. The second-order valence-corrected chi connectivity index (χ2v) is 5.74. The summed E-state index contributed by atoms with van der Waals surface area (Å²) in [6, 6.07) is 8.52. The van der Waals surface area contributed by atoms with Gasteiger partial charge in [0, 0.05) is 10.6 Å². The Kier molecular flexibility index (Phi) is 4.40. The summed E-state index contributed by atoms with van der Waals surface area (Å²) in [5.41, 5.74) is 0.0758. The van der Waals surface area contributed by atoms with Gasteiger partial charge in [0.05, 0.1) is 6.54 Å². The van der Waals surface area contributed by atoms with Crippen LogP contribution in [0.3, 0.4) is 0 Å². The van der Waals surface area contributed by atoms with Crippen LogP contribution in [-0.2, 0) is 5.60 Å². The number of aliphatic hydroxyl groups is 1. The van der Waals surface area contributed by atoms with E-state index in [0.717, 1.165) is 5.56 Å². The molecule has 0 saturated carbocycles. The van der Waals surface area contributed by atoms with Crippen LogP contribution in [0.15, 0.2) is 34.7 Å². The summed E-state index contributed by atoms with van der Waals surface area (Å²) >= 11 is 5.93. The van der Waals surface area contributed by atoms with Crippen molar-refractivity contribution in [1.29, 1.82) is 0 Å². The van der Waals surface area contributed by atoms with E-state index in [1.165, 1.54) is 0 Å². The van der Waals surface area contributed by atoms with Crippen molar-refractivity contribution in [2.24, 2.45) is 0 Å². The number of carbonyl (C=O) groups excluding carboxylic acids is 1. The molecule has 0 fully saturated rings. The monoisotopic (exact) mass is 307 g/mol. The van der Waals surface area contributed by atoms with Gasteiger partial charge < -0.3 is 14.8 Å². The summed E-state index contributed by atoms with van der Waals surface area (Å²) < 4.78 is 5.40. The highest BCUT2D eigenvalue weighted by molar-refractivity contribution is 6.31. The van der Waals surface area contributed by atoms with Gasteiger partial charge in [0.2, 0.25) is 0 Å². The van der Waals surface area contributed by atoms with Gasteiger partial charge in [0.15, 0.2) is 0 Å². The number of hydrogen-bond donors (Lipinski definition) is 2. The minimum Gasteiger partial charge on any atom is -0.463 e. The SMILES string of the molecule is Cc1ccc(C(C)(O)CNC(=O)c2ccc(Cl)c(C)c2)o1. The van der Waals surface area contributed by atoms with Gasteiger partial charge >= 0.3 is 0 Å². The number of nitrogens with one attached hydrogen (secondary N) is 1. The molecule has 5 heteroatoms. The molecule has 112 valence electrons. The summed E-state index contributed by atoms with van der Waals surface area (Å²) in [4.78, 5) is 12.1. The van der Waals surface area contributed by atoms with Crippen LogP contribution in [0.2, 0.25) is 5.02 Å². The van der Waals surface area contributed by atoms with E-state index in [4.69, 9.17) is 16.0 Å². The van der Waals surface area contributed by atoms with Crippen LogP contribution in [0.25, 0.3) is 0 Å². The minimum atomic E-state index is -1.26. The van der Waals surface area contributed by atoms with Gasteiger partial charge in [-0.25, -0.2) is 0 Å². The van der Waals surface area contributed by atoms with Crippen molar-refractivity contribution < 1.29 is 14.3 Å². The molecule has 2 N–H and O–H groups in total. The summed E-state index contributed by atoms with van der Waals surface area (Å²) in [7, 11) is 0. The van der Waals surface area contributed by atoms with Crippen LogP contribution >= 0.6 is 11.6 Å². The molecule has 4 nitrogen and oxygen atoms in total. The smallest absolute Gasteiger partial charge is 0.251 e. The first-order chi connectivity index (χ1) is 9.79. The highest BCUT2D eigenvalue weighted by atomic mass is 35.5. The van der Waals surface area contributed by atoms with Gasteiger partial charge in [-0.3, -0.25) is 4.79 Å². The quantitative estimate of drug-likeness (QED) is 0.912. The standard InChI is InChI=1S/C16H18ClNO3/c1-10-8-12(5-6-13(10)17)15(19)18-9-16(3,20)14-7-4-11(2)21-14/h4-8,20H,9H2,1-3H3,(H,18,19). The molecule has 1 atom stereocenters. The average Bonchev–Trinajstić information content (AvgIpc) is 2.87. The fourth-order valence-corrected chi connectivity index (χ4v) is 2.07. The van der Waals surface area contributed by atoms with E-state index in [0.29, 0.717) is 22.1 Å². The van der Waals surface area contributed by atoms with Crippen molar-refractivity contribution in [1.82, 2.24) is 5.32 Å². The number of halogens is 1. The largest absolute Gasteiger partial charge is 0.463 e. The first kappa shape index (κ1) is 15.6. The number of furan rings is 1. The topological polar surface area (TPSA) is 62.5 Å². The molecule has 0 bridgehead atoms. The Morgan fingerprint density at radius 1 is 1.33 bits per heavy atom. The van der Waals surface area contributed by atoms with Crippen molar-refractivity contribution in [2.75, 3.05) is 6.54 Å².